The van der Waals surface area contributed by atoms with Crippen LogP contribution in [0.25, 0.3) is 10.9 Å². The summed E-state index contributed by atoms with van der Waals surface area (Å²) in [7, 11) is 1.57. The van der Waals surface area contributed by atoms with Crippen molar-refractivity contribution in [2.75, 3.05) is 31.5 Å². The van der Waals surface area contributed by atoms with Crippen LogP contribution in [0.3, 0.4) is 0 Å². The summed E-state index contributed by atoms with van der Waals surface area (Å²) in [5.41, 5.74) is 2.21. The van der Waals surface area contributed by atoms with Gasteiger partial charge in [0.15, 0.2) is 0 Å². The van der Waals surface area contributed by atoms with Crippen LogP contribution in [0.4, 0.5) is 10.5 Å². The van der Waals surface area contributed by atoms with E-state index in [1.54, 1.807) is 36.4 Å². The number of nitrogens with one attached hydrogen (secondary N) is 3. The van der Waals surface area contributed by atoms with Crippen LogP contribution in [0, 0.1) is 0 Å². The van der Waals surface area contributed by atoms with Gasteiger partial charge in [-0.15, -0.1) is 6.58 Å². The lowest BCUT2D eigenvalue weighted by molar-refractivity contribution is 0.0577. The lowest BCUT2D eigenvalue weighted by Gasteiger charge is -2.39. The van der Waals surface area contributed by atoms with E-state index in [9.17, 15) is 9.59 Å². The molecular formula is C24H25N5O3S. The van der Waals surface area contributed by atoms with Gasteiger partial charge in [-0.1, -0.05) is 24.3 Å². The highest BCUT2D eigenvalue weighted by Crippen LogP contribution is 2.33. The highest BCUT2D eigenvalue weighted by Gasteiger charge is 2.32. The van der Waals surface area contributed by atoms with E-state index in [0.29, 0.717) is 30.9 Å². The van der Waals surface area contributed by atoms with Gasteiger partial charge in [-0.2, -0.15) is 0 Å². The lowest BCUT2D eigenvalue weighted by atomic mass is 10.1. The highest BCUT2D eigenvalue weighted by molar-refractivity contribution is 8.00. The van der Waals surface area contributed by atoms with Crippen molar-refractivity contribution >= 4 is 40.5 Å². The molecule has 1 aliphatic rings. The zero-order chi connectivity index (χ0) is 23.2. The van der Waals surface area contributed by atoms with Crippen LogP contribution in [0.2, 0.25) is 0 Å². The number of fused-ring (bicyclic) bond motifs is 1. The molecule has 0 aliphatic carbocycles. The highest BCUT2D eigenvalue weighted by atomic mass is 32.2. The van der Waals surface area contributed by atoms with Crippen molar-refractivity contribution in [3.63, 3.8) is 0 Å². The van der Waals surface area contributed by atoms with Gasteiger partial charge < -0.3 is 25.0 Å². The first-order valence-electron chi connectivity index (χ1n) is 10.5. The molecule has 1 aromatic heterocycles. The van der Waals surface area contributed by atoms with Crippen molar-refractivity contribution in [2.24, 2.45) is 0 Å². The maximum atomic E-state index is 12.8. The Morgan fingerprint density at radius 3 is 2.85 bits per heavy atom. The minimum Gasteiger partial charge on any atom is -0.495 e. The van der Waals surface area contributed by atoms with Crippen LogP contribution in [0.5, 0.6) is 5.75 Å². The molecule has 8 nitrogen and oxygen atoms in total. The van der Waals surface area contributed by atoms with Gasteiger partial charge in [0.05, 0.1) is 29.3 Å². The second kappa shape index (κ2) is 10.3. The number of urea groups is 1. The van der Waals surface area contributed by atoms with E-state index in [4.69, 9.17) is 4.74 Å². The average molecular weight is 464 g/mol. The summed E-state index contributed by atoms with van der Waals surface area (Å²) >= 11 is 1.44. The zero-order valence-electron chi connectivity index (χ0n) is 18.2. The van der Waals surface area contributed by atoms with Crippen molar-refractivity contribution in [3.8, 4) is 5.75 Å². The Hall–Kier alpha value is -3.72. The first kappa shape index (κ1) is 22.5. The summed E-state index contributed by atoms with van der Waals surface area (Å²) in [6.07, 6.45) is 3.39. The van der Waals surface area contributed by atoms with Crippen molar-refractivity contribution in [3.05, 3.63) is 72.9 Å². The van der Waals surface area contributed by atoms with E-state index >= 15 is 0 Å². The summed E-state index contributed by atoms with van der Waals surface area (Å²) in [4.78, 5) is 31.7. The van der Waals surface area contributed by atoms with Crippen LogP contribution in [0.15, 0.2) is 72.3 Å². The quantitative estimate of drug-likeness (QED) is 0.349. The number of amides is 3. The van der Waals surface area contributed by atoms with Crippen LogP contribution in [0.1, 0.15) is 10.4 Å². The SMILES string of the molecule is C=CCNC(=O)NC1CN(C(=O)c2ccc(NSc3cccc4cccnc34)c(OC)c2)C1. The minimum absolute atomic E-state index is 0.0627. The predicted molar refractivity (Wildman–Crippen MR) is 131 cm³/mol. The molecule has 0 bridgehead atoms. The number of hydrogen-bond acceptors (Lipinski definition) is 6. The molecule has 9 heteroatoms. The van der Waals surface area contributed by atoms with Crippen molar-refractivity contribution < 1.29 is 14.3 Å². The van der Waals surface area contributed by atoms with Gasteiger partial charge in [-0.25, -0.2) is 4.79 Å². The van der Waals surface area contributed by atoms with Gasteiger partial charge in [0, 0.05) is 36.8 Å². The van der Waals surface area contributed by atoms with E-state index in [1.807, 2.05) is 36.4 Å². The number of rotatable bonds is 8. The Morgan fingerprint density at radius 1 is 1.24 bits per heavy atom. The number of likely N-dealkylation sites (tertiary alicyclic amines) is 1. The summed E-state index contributed by atoms with van der Waals surface area (Å²) in [5.74, 6) is 0.468. The molecule has 3 aromatic rings. The Balaban J connectivity index is 1.37. The second-order valence-electron chi connectivity index (χ2n) is 7.50. The Kier molecular flexibility index (Phi) is 6.99. The van der Waals surface area contributed by atoms with Crippen LogP contribution < -0.4 is 20.1 Å². The van der Waals surface area contributed by atoms with Gasteiger partial charge >= 0.3 is 6.03 Å². The van der Waals surface area contributed by atoms with Gasteiger partial charge in [0.2, 0.25) is 0 Å². The van der Waals surface area contributed by atoms with Crippen LogP contribution in [-0.2, 0) is 0 Å². The van der Waals surface area contributed by atoms with Gasteiger partial charge in [0.1, 0.15) is 5.75 Å². The fourth-order valence-electron chi connectivity index (χ4n) is 3.50. The molecule has 4 rings (SSSR count). The second-order valence-corrected chi connectivity index (χ2v) is 8.35. The Bertz CT molecular complexity index is 1170. The van der Waals surface area contributed by atoms with E-state index in [-0.39, 0.29) is 18.0 Å². The molecule has 33 heavy (non-hydrogen) atoms. The molecule has 0 spiro atoms. The summed E-state index contributed by atoms with van der Waals surface area (Å²) in [6, 6.07) is 15.0. The largest absolute Gasteiger partial charge is 0.495 e. The number of aromatic nitrogens is 1. The molecule has 3 amide bonds. The van der Waals surface area contributed by atoms with Crippen LogP contribution >= 0.6 is 11.9 Å². The fourth-order valence-corrected chi connectivity index (χ4v) is 4.30. The molecule has 0 saturated carbocycles. The maximum absolute atomic E-state index is 12.8. The van der Waals surface area contributed by atoms with E-state index in [0.717, 1.165) is 21.5 Å². The number of benzene rings is 2. The normalized spacial score (nSPS) is 13.2. The number of carbonyl (C=O) groups excluding carboxylic acids is 2. The molecule has 2 aromatic carbocycles. The molecule has 3 N–H and O–H groups in total. The van der Waals surface area contributed by atoms with E-state index < -0.39 is 0 Å². The molecule has 1 fully saturated rings. The maximum Gasteiger partial charge on any atom is 0.315 e. The minimum atomic E-state index is -0.261. The molecule has 0 atom stereocenters. The molecule has 1 saturated heterocycles. The lowest BCUT2D eigenvalue weighted by Crippen LogP contribution is -2.62. The first-order chi connectivity index (χ1) is 16.1. The smallest absolute Gasteiger partial charge is 0.315 e. The number of nitrogens with zero attached hydrogens (tertiary/aromatic N) is 2. The Morgan fingerprint density at radius 2 is 2.06 bits per heavy atom. The number of ether oxygens (including phenoxy) is 1. The van der Waals surface area contributed by atoms with Crippen molar-refractivity contribution in [1.29, 1.82) is 0 Å². The fraction of sp³-hybridized carbons (Fsp3) is 0.208. The van der Waals surface area contributed by atoms with E-state index in [2.05, 4.69) is 26.9 Å². The number of pyridine rings is 1. The number of hydrogen-bond donors (Lipinski definition) is 3. The standard InChI is InChI=1S/C24H25N5O3S/c1-3-11-26-24(31)27-18-14-29(15-18)23(30)17-9-10-19(20(13-17)32-2)28-33-21-8-4-6-16-7-5-12-25-22(16)21/h3-10,12-13,18,28H,1,11,14-15H2,2H3,(H2,26,27,31). The summed E-state index contributed by atoms with van der Waals surface area (Å²) in [5, 5.41) is 6.56. The number of para-hydroxylation sites is 1. The molecule has 0 radical (unpaired) electrons. The molecule has 170 valence electrons. The molecule has 0 unspecified atom stereocenters. The predicted octanol–water partition coefficient (Wildman–Crippen LogP) is 3.67. The molecular weight excluding hydrogens is 438 g/mol. The molecule has 2 heterocycles. The average Bonchev–Trinajstić information content (AvgIpc) is 2.82. The van der Waals surface area contributed by atoms with Gasteiger partial charge in [-0.05, 0) is 42.3 Å². The summed E-state index contributed by atoms with van der Waals surface area (Å²) < 4.78 is 8.83. The number of methoxy groups -OCH3 is 1. The summed E-state index contributed by atoms with van der Waals surface area (Å²) in [6.45, 7) is 4.89. The number of anilines is 1. The van der Waals surface area contributed by atoms with Gasteiger partial charge in [-0.3, -0.25) is 9.78 Å². The number of carbonyl (C=O) groups is 2. The van der Waals surface area contributed by atoms with E-state index in [1.165, 1.54) is 11.9 Å². The third kappa shape index (κ3) is 5.20. The monoisotopic (exact) mass is 463 g/mol. The van der Waals surface area contributed by atoms with Gasteiger partial charge in [0.25, 0.3) is 5.91 Å². The third-order valence-electron chi connectivity index (χ3n) is 5.23. The molecule has 1 aliphatic heterocycles. The van der Waals surface area contributed by atoms with Crippen LogP contribution in [-0.4, -0.2) is 54.6 Å². The third-order valence-corrected chi connectivity index (χ3v) is 6.10. The zero-order valence-corrected chi connectivity index (χ0v) is 19.0. The Labute approximate surface area is 196 Å². The topological polar surface area (TPSA) is 95.6 Å². The van der Waals surface area contributed by atoms with Crippen molar-refractivity contribution in [1.82, 2.24) is 20.5 Å². The first-order valence-corrected chi connectivity index (χ1v) is 11.3. The van der Waals surface area contributed by atoms with Crippen molar-refractivity contribution in [2.45, 2.75) is 10.9 Å².